The maximum Gasteiger partial charge on any atom is 0.402 e. The quantitative estimate of drug-likeness (QED) is 0.171. The Morgan fingerprint density at radius 2 is 1.60 bits per heavy atom. The Labute approximate surface area is 271 Å². The van der Waals surface area contributed by atoms with Gasteiger partial charge in [-0.15, -0.1) is 11.3 Å². The Morgan fingerprint density at radius 1 is 1.02 bits per heavy atom. The van der Waals surface area contributed by atoms with Crippen LogP contribution < -0.4 is 11.1 Å². The summed E-state index contributed by atoms with van der Waals surface area (Å²) in [7, 11) is 1.01. The lowest BCUT2D eigenvalue weighted by Gasteiger charge is -2.36. The maximum absolute atomic E-state index is 13.3. The Kier molecular flexibility index (Phi) is 13.8. The van der Waals surface area contributed by atoms with E-state index < -0.39 is 78.1 Å². The first kappa shape index (κ1) is 39.4. The van der Waals surface area contributed by atoms with E-state index >= 15 is 0 Å². The SMILES string of the molecule is CC(=O)O[C@H](C[C@H](C(C)C)N(C)C(=O)[C@H](N)C(C(F)(F)F)C(F)(F)F)c1nc(C(=O)N[C@@H](Cc2ccccc2)C[C@H](C)C(=O)O)cs1. The first-order chi connectivity index (χ1) is 21.6. The van der Waals surface area contributed by atoms with Crippen molar-refractivity contribution in [3.63, 3.8) is 0 Å². The second kappa shape index (κ2) is 16.4. The molecule has 262 valence electrons. The monoisotopic (exact) mass is 696 g/mol. The number of thiazole rings is 1. The number of rotatable bonds is 15. The summed E-state index contributed by atoms with van der Waals surface area (Å²) in [4.78, 5) is 54.5. The van der Waals surface area contributed by atoms with E-state index in [2.05, 4.69) is 10.3 Å². The number of ether oxygens (including phenoxy) is 1. The van der Waals surface area contributed by atoms with E-state index in [0.29, 0.717) is 11.3 Å². The number of esters is 1. The van der Waals surface area contributed by atoms with Crippen LogP contribution in [0.5, 0.6) is 0 Å². The number of benzene rings is 1. The molecular weight excluding hydrogens is 658 g/mol. The standard InChI is InChI=1S/C30H38F6N4O6S/c1-15(2)21(40(5)27(43)23(37)24(29(31,32)33)30(34,35)36)13-22(46-17(4)41)26-39-20(14-47-26)25(42)38-19(11-16(3)28(44)45)12-18-9-7-6-8-10-18/h6-10,14-16,19,21-24H,11-13,37H2,1-5H3,(H,38,42)(H,44,45)/t16-,19+,21+,22+,23+/m0/s1. The van der Waals surface area contributed by atoms with Crippen LogP contribution in [0.3, 0.4) is 0 Å². The number of amides is 2. The number of aromatic nitrogens is 1. The molecule has 2 rings (SSSR count). The molecule has 1 aromatic heterocycles. The number of carboxylic acids is 1. The van der Waals surface area contributed by atoms with Crippen LogP contribution in [0.25, 0.3) is 0 Å². The third kappa shape index (κ3) is 11.5. The number of carbonyl (C=O) groups excluding carboxylic acids is 3. The van der Waals surface area contributed by atoms with E-state index in [0.717, 1.165) is 30.9 Å². The van der Waals surface area contributed by atoms with E-state index in [1.54, 1.807) is 32.0 Å². The normalized spacial score (nSPS) is 15.4. The highest BCUT2D eigenvalue weighted by molar-refractivity contribution is 7.09. The molecule has 0 aliphatic heterocycles. The van der Waals surface area contributed by atoms with Gasteiger partial charge in [0.1, 0.15) is 16.7 Å². The number of hydrogen-bond acceptors (Lipinski definition) is 8. The molecule has 0 fully saturated rings. The molecule has 5 atom stereocenters. The Hall–Kier alpha value is -3.73. The van der Waals surface area contributed by atoms with Crippen molar-refractivity contribution < 1.29 is 55.4 Å². The molecule has 0 aliphatic carbocycles. The molecule has 47 heavy (non-hydrogen) atoms. The van der Waals surface area contributed by atoms with Crippen molar-refractivity contribution in [2.24, 2.45) is 23.5 Å². The van der Waals surface area contributed by atoms with Crippen molar-refractivity contribution >= 4 is 35.1 Å². The number of carbonyl (C=O) groups is 4. The summed E-state index contributed by atoms with van der Waals surface area (Å²) >= 11 is 0.901. The van der Waals surface area contributed by atoms with Crippen LogP contribution in [0.2, 0.25) is 0 Å². The van der Waals surface area contributed by atoms with E-state index in [4.69, 9.17) is 10.5 Å². The number of halogens is 6. The van der Waals surface area contributed by atoms with Crippen molar-refractivity contribution in [1.29, 1.82) is 0 Å². The topological polar surface area (TPSA) is 152 Å². The van der Waals surface area contributed by atoms with Gasteiger partial charge in [-0.2, -0.15) is 26.3 Å². The van der Waals surface area contributed by atoms with Crippen LogP contribution in [-0.4, -0.2) is 76.3 Å². The number of aliphatic carboxylic acids is 1. The Bertz CT molecular complexity index is 1360. The summed E-state index contributed by atoms with van der Waals surface area (Å²) < 4.78 is 85.1. The largest absolute Gasteiger partial charge is 0.481 e. The van der Waals surface area contributed by atoms with Gasteiger partial charge in [-0.25, -0.2) is 4.98 Å². The predicted molar refractivity (Wildman–Crippen MR) is 159 cm³/mol. The van der Waals surface area contributed by atoms with Crippen LogP contribution >= 0.6 is 11.3 Å². The molecule has 2 amide bonds. The van der Waals surface area contributed by atoms with Crippen molar-refractivity contribution in [2.45, 2.75) is 83.5 Å². The molecule has 0 spiro atoms. The summed E-state index contributed by atoms with van der Waals surface area (Å²) in [5, 5.41) is 13.6. The minimum atomic E-state index is -5.84. The van der Waals surface area contributed by atoms with E-state index in [1.807, 2.05) is 12.1 Å². The number of nitrogens with one attached hydrogen (secondary N) is 1. The average Bonchev–Trinajstić information content (AvgIpc) is 3.43. The zero-order valence-electron chi connectivity index (χ0n) is 26.3. The molecule has 0 saturated heterocycles. The van der Waals surface area contributed by atoms with Gasteiger partial charge in [0.2, 0.25) is 5.91 Å². The summed E-state index contributed by atoms with van der Waals surface area (Å²) in [6.07, 6.45) is -12.8. The fourth-order valence-corrected chi connectivity index (χ4v) is 5.89. The van der Waals surface area contributed by atoms with Crippen molar-refractivity contribution in [3.05, 3.63) is 52.0 Å². The van der Waals surface area contributed by atoms with Gasteiger partial charge in [-0.05, 0) is 24.3 Å². The van der Waals surface area contributed by atoms with Gasteiger partial charge in [-0.1, -0.05) is 51.1 Å². The predicted octanol–water partition coefficient (Wildman–Crippen LogP) is 5.14. The number of carboxylic acid groups (broad SMARTS) is 1. The van der Waals surface area contributed by atoms with Crippen LogP contribution in [0.15, 0.2) is 35.7 Å². The van der Waals surface area contributed by atoms with E-state index in [9.17, 15) is 50.6 Å². The second-order valence-corrected chi connectivity index (χ2v) is 12.5. The molecular formula is C30H38F6N4O6S. The van der Waals surface area contributed by atoms with Gasteiger partial charge in [-0.3, -0.25) is 19.2 Å². The Morgan fingerprint density at radius 3 is 2.09 bits per heavy atom. The minimum Gasteiger partial charge on any atom is -0.481 e. The van der Waals surface area contributed by atoms with Crippen LogP contribution in [0.1, 0.15) is 67.7 Å². The van der Waals surface area contributed by atoms with Gasteiger partial charge < -0.3 is 25.8 Å². The first-order valence-electron chi connectivity index (χ1n) is 14.5. The van der Waals surface area contributed by atoms with Gasteiger partial charge in [0.05, 0.1) is 5.92 Å². The smallest absolute Gasteiger partial charge is 0.402 e. The lowest BCUT2D eigenvalue weighted by atomic mass is 9.93. The summed E-state index contributed by atoms with van der Waals surface area (Å²) in [5.74, 6) is -9.58. The number of nitrogens with two attached hydrogens (primary N) is 1. The third-order valence-electron chi connectivity index (χ3n) is 7.48. The summed E-state index contributed by atoms with van der Waals surface area (Å²) in [6, 6.07) is 4.38. The zero-order valence-corrected chi connectivity index (χ0v) is 27.1. The van der Waals surface area contributed by atoms with E-state index in [1.165, 1.54) is 12.3 Å². The molecule has 0 radical (unpaired) electrons. The molecule has 4 N–H and O–H groups in total. The highest BCUT2D eigenvalue weighted by Crippen LogP contribution is 2.41. The molecule has 17 heteroatoms. The fraction of sp³-hybridized carbons (Fsp3) is 0.567. The van der Waals surface area contributed by atoms with Crippen LogP contribution in [0.4, 0.5) is 26.3 Å². The van der Waals surface area contributed by atoms with Gasteiger partial charge >= 0.3 is 24.3 Å². The first-order valence-corrected chi connectivity index (χ1v) is 15.4. The molecule has 10 nitrogen and oxygen atoms in total. The van der Waals surface area contributed by atoms with Crippen LogP contribution in [-0.2, 0) is 25.5 Å². The summed E-state index contributed by atoms with van der Waals surface area (Å²) in [6.45, 7) is 5.69. The third-order valence-corrected chi connectivity index (χ3v) is 8.41. The molecule has 0 unspecified atom stereocenters. The molecule has 0 saturated carbocycles. The number of nitrogens with zero attached hydrogens (tertiary/aromatic N) is 2. The summed E-state index contributed by atoms with van der Waals surface area (Å²) in [5.41, 5.74) is 6.01. The number of likely N-dealkylation sites (N-methyl/N-ethyl adjacent to an activating group) is 1. The number of hydrogen-bond donors (Lipinski definition) is 3. The zero-order chi connectivity index (χ0) is 35.9. The number of alkyl halides is 6. The molecule has 1 heterocycles. The lowest BCUT2D eigenvalue weighted by Crippen LogP contribution is -2.58. The van der Waals surface area contributed by atoms with E-state index in [-0.39, 0.29) is 23.5 Å². The highest BCUT2D eigenvalue weighted by atomic mass is 32.1. The van der Waals surface area contributed by atoms with Crippen LogP contribution in [0, 0.1) is 17.8 Å². The van der Waals surface area contributed by atoms with Gasteiger partial charge in [0.15, 0.2) is 12.0 Å². The molecule has 1 aromatic carbocycles. The van der Waals surface area contributed by atoms with Gasteiger partial charge in [0.25, 0.3) is 5.91 Å². The highest BCUT2D eigenvalue weighted by Gasteiger charge is 2.61. The van der Waals surface area contributed by atoms with Crippen molar-refractivity contribution in [3.8, 4) is 0 Å². The van der Waals surface area contributed by atoms with Gasteiger partial charge in [0, 0.05) is 37.9 Å². The molecule has 0 aliphatic rings. The maximum atomic E-state index is 13.3. The second-order valence-electron chi connectivity index (χ2n) is 11.6. The Balaban J connectivity index is 2.33. The van der Waals surface area contributed by atoms with Crippen molar-refractivity contribution in [2.75, 3.05) is 7.05 Å². The molecule has 0 bridgehead atoms. The lowest BCUT2D eigenvalue weighted by molar-refractivity contribution is -0.288. The van der Waals surface area contributed by atoms with Crippen molar-refractivity contribution in [1.82, 2.24) is 15.2 Å². The minimum absolute atomic E-state index is 0.0723. The average molecular weight is 697 g/mol. The molecule has 2 aromatic rings. The fourth-order valence-electron chi connectivity index (χ4n) is 5.05.